The normalized spacial score (nSPS) is 18.6. The van der Waals surface area contributed by atoms with E-state index in [-0.39, 0.29) is 43.7 Å². The first-order valence-electron chi connectivity index (χ1n) is 22.9. The molecule has 5 heterocycles. The summed E-state index contributed by atoms with van der Waals surface area (Å²) in [6.45, 7) is 6.12. The van der Waals surface area contributed by atoms with Gasteiger partial charge in [-0.3, -0.25) is 33.7 Å². The Morgan fingerprint density at radius 1 is 1.00 bits per heavy atom. The topological polar surface area (TPSA) is 270 Å². The summed E-state index contributed by atoms with van der Waals surface area (Å²) in [5.41, 5.74) is 8.03. The molecule has 0 unspecified atom stereocenters. The zero-order chi connectivity index (χ0) is 49.5. The fourth-order valence-corrected chi connectivity index (χ4v) is 9.45. The predicted molar refractivity (Wildman–Crippen MR) is 246 cm³/mol. The van der Waals surface area contributed by atoms with Crippen molar-refractivity contribution >= 4 is 58.2 Å². The minimum absolute atomic E-state index is 0.0355. The molecule has 362 valence electrons. The quantitative estimate of drug-likeness (QED) is 0.0472. The van der Waals surface area contributed by atoms with Gasteiger partial charge in [0, 0.05) is 40.4 Å². The van der Waals surface area contributed by atoms with Crippen molar-refractivity contribution in [3.8, 4) is 11.4 Å². The number of imide groups is 1. The molecule has 0 radical (unpaired) electrons. The highest BCUT2D eigenvalue weighted by molar-refractivity contribution is 6.14. The molecular formula is C49H53FN8O11. The van der Waals surface area contributed by atoms with Crippen LogP contribution >= 0.6 is 0 Å². The van der Waals surface area contributed by atoms with Crippen LogP contribution in [-0.2, 0) is 70.0 Å². The average Bonchev–Trinajstić information content (AvgIpc) is 3.85. The molecule has 3 aliphatic heterocycles. The second kappa shape index (κ2) is 19.4. The van der Waals surface area contributed by atoms with Crippen molar-refractivity contribution in [1.29, 1.82) is 0 Å². The van der Waals surface area contributed by atoms with Gasteiger partial charge in [0.15, 0.2) is 5.60 Å². The number of fused-ring (bicyclic) bond motifs is 5. The van der Waals surface area contributed by atoms with Gasteiger partial charge < -0.3 is 46.1 Å². The van der Waals surface area contributed by atoms with Crippen LogP contribution in [0.1, 0.15) is 97.9 Å². The van der Waals surface area contributed by atoms with Crippen LogP contribution < -0.4 is 32.6 Å². The lowest BCUT2D eigenvalue weighted by molar-refractivity contribution is -0.172. The summed E-state index contributed by atoms with van der Waals surface area (Å²) in [5.74, 6) is -4.89. The van der Waals surface area contributed by atoms with Gasteiger partial charge in [-0.15, -0.1) is 0 Å². The second-order valence-electron chi connectivity index (χ2n) is 18.0. The number of hydrogen-bond acceptors (Lipinski definition) is 13. The summed E-state index contributed by atoms with van der Waals surface area (Å²) in [5, 5.41) is 23.1. The number of carbonyl (C=O) groups is 7. The zero-order valence-corrected chi connectivity index (χ0v) is 38.5. The lowest BCUT2D eigenvalue weighted by Gasteiger charge is -2.31. The smallest absolute Gasteiger partial charge is 0.407 e. The van der Waals surface area contributed by atoms with Crippen LogP contribution in [0.3, 0.4) is 0 Å². The average molecular weight is 949 g/mol. The Morgan fingerprint density at radius 3 is 2.41 bits per heavy atom. The van der Waals surface area contributed by atoms with Crippen LogP contribution in [0.15, 0.2) is 53.3 Å². The molecule has 8 rings (SSSR count). The van der Waals surface area contributed by atoms with Gasteiger partial charge >= 0.3 is 12.1 Å². The number of cyclic esters (lactones) is 1. The van der Waals surface area contributed by atoms with Crippen molar-refractivity contribution in [2.24, 2.45) is 11.7 Å². The molecule has 4 aromatic rings. The third-order valence-corrected chi connectivity index (χ3v) is 13.3. The number of nitrogens with zero attached hydrogens (tertiary/aromatic N) is 3. The number of aromatic nitrogens is 2. The molecule has 0 spiro atoms. The number of esters is 1. The molecule has 0 saturated carbocycles. The van der Waals surface area contributed by atoms with Crippen molar-refractivity contribution in [2.45, 2.75) is 110 Å². The Kier molecular flexibility index (Phi) is 13.5. The van der Waals surface area contributed by atoms with Crippen molar-refractivity contribution in [3.05, 3.63) is 104 Å². The van der Waals surface area contributed by atoms with E-state index >= 15 is 4.39 Å². The number of unbranched alkanes of at least 4 members (excludes halogenated alkanes) is 1. The maximum atomic E-state index is 15.4. The Labute approximate surface area is 395 Å². The Hall–Kier alpha value is -7.32. The van der Waals surface area contributed by atoms with Crippen LogP contribution in [0.2, 0.25) is 0 Å². The van der Waals surface area contributed by atoms with Gasteiger partial charge in [0.05, 0.1) is 35.1 Å². The summed E-state index contributed by atoms with van der Waals surface area (Å²) in [7, 11) is 0. The highest BCUT2D eigenvalue weighted by atomic mass is 19.1. The number of hydrogen-bond donors (Lipinski definition) is 6. The number of carbonyl (C=O) groups excluding carboxylic acids is 7. The molecule has 2 aromatic carbocycles. The monoisotopic (exact) mass is 948 g/mol. The number of halogens is 1. The molecule has 4 atom stereocenters. The maximum absolute atomic E-state index is 15.4. The number of alkyl carbamates (subject to hydrolysis) is 1. The summed E-state index contributed by atoms with van der Waals surface area (Å²) in [4.78, 5) is 110. The number of amides is 6. The molecule has 4 aliphatic rings. The van der Waals surface area contributed by atoms with Gasteiger partial charge in [0.2, 0.25) is 17.7 Å². The molecule has 6 amide bonds. The number of ether oxygens (including phenoxy) is 2. The number of aryl methyl sites for hydroxylation is 1. The van der Waals surface area contributed by atoms with E-state index in [0.29, 0.717) is 82.5 Å². The molecule has 19 nitrogen and oxygen atoms in total. The number of nitrogens with one attached hydrogen (secondary N) is 4. The van der Waals surface area contributed by atoms with E-state index in [1.54, 1.807) is 58.0 Å². The highest BCUT2D eigenvalue weighted by Gasteiger charge is 2.46. The van der Waals surface area contributed by atoms with E-state index < -0.39 is 89.2 Å². The van der Waals surface area contributed by atoms with Crippen LogP contribution in [0.4, 0.5) is 14.9 Å². The van der Waals surface area contributed by atoms with Gasteiger partial charge in [-0.25, -0.2) is 19.0 Å². The van der Waals surface area contributed by atoms with Crippen LogP contribution in [0, 0.1) is 18.7 Å². The van der Waals surface area contributed by atoms with Crippen molar-refractivity contribution in [1.82, 2.24) is 30.4 Å². The van der Waals surface area contributed by atoms with E-state index in [2.05, 4.69) is 21.3 Å². The molecule has 7 N–H and O–H groups in total. The highest BCUT2D eigenvalue weighted by Crippen LogP contribution is 2.46. The molecule has 0 fully saturated rings. The molecule has 0 saturated heterocycles. The van der Waals surface area contributed by atoms with Crippen LogP contribution in [0.25, 0.3) is 22.3 Å². The van der Waals surface area contributed by atoms with Crippen molar-refractivity contribution < 1.29 is 52.5 Å². The van der Waals surface area contributed by atoms with Crippen molar-refractivity contribution in [2.75, 3.05) is 18.4 Å². The number of nitrogens with two attached hydrogens (primary N) is 1. The number of anilines is 1. The Bertz CT molecular complexity index is 2900. The SMILES string of the molecule is CC[C@@]1(O)C(=O)OCc2c1cc1n(c2=O)Cc2c-1nc1cc(F)c(C)c3c1c2[C@@H](NC(=O)OCc1ccc(NC(=O)[C@H](CCCCN)NC(=O)[C@@H](NC(=O)CN2C(=O)C=CC2=O)C(C)C)cc1)CC3. The Balaban J connectivity index is 0.941. The van der Waals surface area contributed by atoms with E-state index in [1.165, 1.54) is 10.6 Å². The summed E-state index contributed by atoms with van der Waals surface area (Å²) in [6.07, 6.45) is 3.47. The molecule has 20 heteroatoms. The van der Waals surface area contributed by atoms with Crippen LogP contribution in [-0.4, -0.2) is 86.3 Å². The standard InChI is InChI=1S/C49H53FN8O11/c1-5-49(67)31-18-36-43-29(20-57(36)46(64)30(31)23-68-47(49)65)41-33(14-13-28-25(4)32(50)19-35(53-43)40(28)41)55-48(66)69-22-26-9-11-27(12-10-26)52-44(62)34(8-6-7-17-51)54-45(63)42(24(2)3)56-37(59)21-58-38(60)15-16-39(58)61/h9-12,15-16,18-19,24,33-34,42,67H,5-8,13-14,17,20-23,51H2,1-4H3,(H,52,62)(H,54,63)(H,55,66)(H,56,59)/t33-,34-,42-,49-/m0/s1. The minimum Gasteiger partial charge on any atom is -0.458 e. The minimum atomic E-state index is -2.04. The molecule has 69 heavy (non-hydrogen) atoms. The Morgan fingerprint density at radius 2 is 1.72 bits per heavy atom. The number of pyridine rings is 2. The number of aliphatic hydroxyl groups is 1. The van der Waals surface area contributed by atoms with E-state index in [4.69, 9.17) is 20.2 Å². The predicted octanol–water partition coefficient (Wildman–Crippen LogP) is 3.06. The van der Waals surface area contributed by atoms with Crippen molar-refractivity contribution in [3.63, 3.8) is 0 Å². The first-order chi connectivity index (χ1) is 32.9. The molecule has 1 aliphatic carbocycles. The largest absolute Gasteiger partial charge is 0.458 e. The van der Waals surface area contributed by atoms with Gasteiger partial charge in [-0.2, -0.15) is 0 Å². The van der Waals surface area contributed by atoms with Gasteiger partial charge in [-0.05, 0) is 98.4 Å². The maximum Gasteiger partial charge on any atom is 0.407 e. The molecule has 0 bridgehead atoms. The third-order valence-electron chi connectivity index (χ3n) is 13.3. The first-order valence-corrected chi connectivity index (χ1v) is 22.9. The van der Waals surface area contributed by atoms with E-state index in [0.717, 1.165) is 22.6 Å². The third kappa shape index (κ3) is 9.20. The van der Waals surface area contributed by atoms with Gasteiger partial charge in [-0.1, -0.05) is 32.9 Å². The second-order valence-corrected chi connectivity index (χ2v) is 18.0. The van der Waals surface area contributed by atoms with E-state index in [1.807, 2.05) is 0 Å². The summed E-state index contributed by atoms with van der Waals surface area (Å²) < 4.78 is 27.8. The van der Waals surface area contributed by atoms with Gasteiger partial charge in [0.25, 0.3) is 17.4 Å². The summed E-state index contributed by atoms with van der Waals surface area (Å²) >= 11 is 0. The van der Waals surface area contributed by atoms with Crippen LogP contribution in [0.5, 0.6) is 0 Å². The van der Waals surface area contributed by atoms with E-state index in [9.17, 15) is 43.5 Å². The lowest BCUT2D eigenvalue weighted by atomic mass is 9.81. The van der Waals surface area contributed by atoms with Gasteiger partial charge in [0.1, 0.15) is 37.7 Å². The summed E-state index contributed by atoms with van der Waals surface area (Å²) in [6, 6.07) is 6.71. The number of rotatable bonds is 16. The lowest BCUT2D eigenvalue weighted by Crippen LogP contribution is -2.56. The number of benzene rings is 2. The first kappa shape index (κ1) is 48.1. The molecule has 2 aromatic heterocycles. The fraction of sp³-hybridized carbons (Fsp3) is 0.408. The molecular weight excluding hydrogens is 896 g/mol. The fourth-order valence-electron chi connectivity index (χ4n) is 9.45. The zero-order valence-electron chi connectivity index (χ0n) is 38.5.